The minimum Gasteiger partial charge on any atom is -0.351 e. The van der Waals surface area contributed by atoms with E-state index in [4.69, 9.17) is 0 Å². The average Bonchev–Trinajstić information content (AvgIpc) is 2.75. The second-order valence-electron chi connectivity index (χ2n) is 6.48. The summed E-state index contributed by atoms with van der Waals surface area (Å²) in [6.07, 6.45) is 0. The molecule has 0 radical (unpaired) electrons. The van der Waals surface area contributed by atoms with E-state index < -0.39 is 6.04 Å². The van der Waals surface area contributed by atoms with Crippen LogP contribution in [0.1, 0.15) is 17.2 Å². The Hall–Kier alpha value is -3.51. The van der Waals surface area contributed by atoms with Gasteiger partial charge < -0.3 is 10.6 Å². The topological polar surface area (TPSA) is 70.2 Å². The van der Waals surface area contributed by atoms with E-state index in [-0.39, 0.29) is 24.2 Å². The molecule has 148 valence electrons. The van der Waals surface area contributed by atoms with Crippen LogP contribution in [0.5, 0.6) is 0 Å². The highest BCUT2D eigenvalue weighted by atomic mass is 19.1. The summed E-state index contributed by atoms with van der Waals surface area (Å²) in [6, 6.07) is 23.5. The highest BCUT2D eigenvalue weighted by molar-refractivity contribution is 5.96. The van der Waals surface area contributed by atoms with Crippen LogP contribution in [0.4, 0.5) is 10.1 Å². The lowest BCUT2D eigenvalue weighted by Gasteiger charge is -2.19. The molecule has 0 saturated heterocycles. The van der Waals surface area contributed by atoms with Gasteiger partial charge in [0.05, 0.1) is 6.54 Å². The number of carbonyl (C=O) groups excluding carboxylic acids is 2. The maximum Gasteiger partial charge on any atom is 0.246 e. The van der Waals surface area contributed by atoms with Crippen LogP contribution in [0, 0.1) is 5.82 Å². The second kappa shape index (κ2) is 10.1. The summed E-state index contributed by atoms with van der Waals surface area (Å²) >= 11 is 0. The Morgan fingerprint density at radius 3 is 2.10 bits per heavy atom. The highest BCUT2D eigenvalue weighted by Crippen LogP contribution is 2.16. The Morgan fingerprint density at radius 1 is 0.828 bits per heavy atom. The molecule has 2 amide bonds. The van der Waals surface area contributed by atoms with Crippen molar-refractivity contribution >= 4 is 17.5 Å². The van der Waals surface area contributed by atoms with E-state index >= 15 is 0 Å². The van der Waals surface area contributed by atoms with E-state index in [1.54, 1.807) is 0 Å². The number of benzene rings is 3. The van der Waals surface area contributed by atoms with Gasteiger partial charge in [-0.3, -0.25) is 14.9 Å². The number of amides is 2. The summed E-state index contributed by atoms with van der Waals surface area (Å²) < 4.78 is 13.1. The summed E-state index contributed by atoms with van der Waals surface area (Å²) in [6.45, 7) is 0.391. The van der Waals surface area contributed by atoms with Gasteiger partial charge in [-0.1, -0.05) is 60.7 Å². The largest absolute Gasteiger partial charge is 0.351 e. The minimum atomic E-state index is -0.733. The van der Waals surface area contributed by atoms with E-state index in [9.17, 15) is 14.0 Å². The van der Waals surface area contributed by atoms with Crippen molar-refractivity contribution in [3.63, 3.8) is 0 Å². The van der Waals surface area contributed by atoms with Crippen LogP contribution in [-0.4, -0.2) is 18.4 Å². The number of halogens is 1. The third kappa shape index (κ3) is 6.26. The van der Waals surface area contributed by atoms with Gasteiger partial charge in [0, 0.05) is 12.2 Å². The molecule has 0 unspecified atom stereocenters. The molecule has 3 aromatic carbocycles. The van der Waals surface area contributed by atoms with E-state index in [1.807, 2.05) is 60.7 Å². The van der Waals surface area contributed by atoms with Gasteiger partial charge in [0.1, 0.15) is 11.9 Å². The van der Waals surface area contributed by atoms with Crippen LogP contribution >= 0.6 is 0 Å². The molecule has 0 aliphatic carbocycles. The maximum atomic E-state index is 13.1. The van der Waals surface area contributed by atoms with Crippen molar-refractivity contribution in [1.29, 1.82) is 0 Å². The van der Waals surface area contributed by atoms with Gasteiger partial charge >= 0.3 is 0 Å². The molecular formula is C23H22FN3O2. The second-order valence-corrected chi connectivity index (χ2v) is 6.48. The number of rotatable bonds is 8. The van der Waals surface area contributed by atoms with Gasteiger partial charge in [-0.15, -0.1) is 0 Å². The Bertz CT molecular complexity index is 931. The lowest BCUT2D eigenvalue weighted by Crippen LogP contribution is -2.39. The fraction of sp³-hybridized carbons (Fsp3) is 0.130. The molecule has 0 spiro atoms. The zero-order valence-electron chi connectivity index (χ0n) is 15.8. The number of anilines is 1. The Balaban J connectivity index is 1.62. The van der Waals surface area contributed by atoms with E-state index in [2.05, 4.69) is 16.0 Å². The van der Waals surface area contributed by atoms with E-state index in [0.29, 0.717) is 12.2 Å². The molecule has 0 saturated carbocycles. The molecule has 29 heavy (non-hydrogen) atoms. The van der Waals surface area contributed by atoms with Crippen LogP contribution < -0.4 is 16.0 Å². The van der Waals surface area contributed by atoms with Crippen molar-refractivity contribution in [2.24, 2.45) is 0 Å². The molecule has 0 fully saturated rings. The Labute approximate surface area is 169 Å². The van der Waals surface area contributed by atoms with Gasteiger partial charge in [0.2, 0.25) is 11.8 Å². The molecule has 0 aliphatic heterocycles. The lowest BCUT2D eigenvalue weighted by molar-refractivity contribution is -0.121. The van der Waals surface area contributed by atoms with Crippen molar-refractivity contribution in [3.05, 3.63) is 102 Å². The summed E-state index contributed by atoms with van der Waals surface area (Å²) in [5.41, 5.74) is 2.20. The quantitative estimate of drug-likeness (QED) is 0.551. The predicted molar refractivity (Wildman–Crippen MR) is 111 cm³/mol. The standard InChI is InChI=1S/C23H22FN3O2/c24-19-11-13-20(14-12-19)27-23(29)22(18-9-5-2-6-10-18)26-16-21(28)25-15-17-7-3-1-4-8-17/h1-14,22,26H,15-16H2,(H,25,28)(H,27,29)/t22-/m1/s1. The van der Waals surface area contributed by atoms with Crippen LogP contribution in [0.3, 0.4) is 0 Å². The first kappa shape index (κ1) is 20.2. The van der Waals surface area contributed by atoms with Gasteiger partial charge in [-0.25, -0.2) is 4.39 Å². The van der Waals surface area contributed by atoms with Crippen LogP contribution in [-0.2, 0) is 16.1 Å². The molecule has 3 N–H and O–H groups in total. The van der Waals surface area contributed by atoms with Gasteiger partial charge in [-0.05, 0) is 35.4 Å². The zero-order valence-corrected chi connectivity index (χ0v) is 15.8. The van der Waals surface area contributed by atoms with Gasteiger partial charge in [0.15, 0.2) is 0 Å². The predicted octanol–water partition coefficient (Wildman–Crippen LogP) is 3.41. The van der Waals surface area contributed by atoms with Crippen molar-refractivity contribution in [1.82, 2.24) is 10.6 Å². The molecule has 3 rings (SSSR count). The SMILES string of the molecule is O=C(CN[C@@H](C(=O)Nc1ccc(F)cc1)c1ccccc1)NCc1ccccc1. The van der Waals surface area contributed by atoms with Gasteiger partial charge in [-0.2, -0.15) is 0 Å². The van der Waals surface area contributed by atoms with Crippen molar-refractivity contribution in [2.75, 3.05) is 11.9 Å². The molecule has 0 heterocycles. The van der Waals surface area contributed by atoms with E-state index in [1.165, 1.54) is 24.3 Å². The third-order valence-electron chi connectivity index (χ3n) is 4.31. The van der Waals surface area contributed by atoms with Crippen LogP contribution in [0.15, 0.2) is 84.9 Å². The average molecular weight is 391 g/mol. The molecule has 0 aliphatic rings. The first-order chi connectivity index (χ1) is 14.1. The molecule has 3 aromatic rings. The fourth-order valence-electron chi connectivity index (χ4n) is 2.81. The molecule has 6 heteroatoms. The first-order valence-electron chi connectivity index (χ1n) is 9.27. The summed E-state index contributed by atoms with van der Waals surface area (Å²) in [5.74, 6) is -0.932. The first-order valence-corrected chi connectivity index (χ1v) is 9.27. The number of nitrogens with one attached hydrogen (secondary N) is 3. The lowest BCUT2D eigenvalue weighted by atomic mass is 10.1. The fourth-order valence-corrected chi connectivity index (χ4v) is 2.81. The van der Waals surface area contributed by atoms with Crippen LogP contribution in [0.25, 0.3) is 0 Å². The number of hydrogen-bond acceptors (Lipinski definition) is 3. The Kier molecular flexibility index (Phi) is 7.08. The van der Waals surface area contributed by atoms with Crippen LogP contribution in [0.2, 0.25) is 0 Å². The minimum absolute atomic E-state index is 0.0246. The normalized spacial score (nSPS) is 11.5. The Morgan fingerprint density at radius 2 is 1.45 bits per heavy atom. The summed E-state index contributed by atoms with van der Waals surface area (Å²) in [7, 11) is 0. The highest BCUT2D eigenvalue weighted by Gasteiger charge is 2.21. The van der Waals surface area contributed by atoms with Crippen molar-refractivity contribution in [2.45, 2.75) is 12.6 Å². The number of carbonyl (C=O) groups is 2. The molecule has 0 bridgehead atoms. The zero-order chi connectivity index (χ0) is 20.5. The summed E-state index contributed by atoms with van der Waals surface area (Å²) in [4.78, 5) is 25.0. The molecular weight excluding hydrogens is 369 g/mol. The summed E-state index contributed by atoms with van der Waals surface area (Å²) in [5, 5.41) is 8.58. The van der Waals surface area contributed by atoms with E-state index in [0.717, 1.165) is 11.1 Å². The van der Waals surface area contributed by atoms with Crippen molar-refractivity contribution in [3.8, 4) is 0 Å². The monoisotopic (exact) mass is 391 g/mol. The smallest absolute Gasteiger partial charge is 0.246 e. The molecule has 1 atom stereocenters. The number of hydrogen-bond donors (Lipinski definition) is 3. The molecule has 5 nitrogen and oxygen atoms in total. The maximum absolute atomic E-state index is 13.1. The third-order valence-corrected chi connectivity index (χ3v) is 4.31. The molecule has 0 aromatic heterocycles. The van der Waals surface area contributed by atoms with Gasteiger partial charge in [0.25, 0.3) is 0 Å². The van der Waals surface area contributed by atoms with Crippen molar-refractivity contribution < 1.29 is 14.0 Å².